The van der Waals surface area contributed by atoms with Gasteiger partial charge in [-0.25, -0.2) is 0 Å². The molecule has 4 heteroatoms. The van der Waals surface area contributed by atoms with Crippen molar-refractivity contribution >= 4 is 0 Å². The largest absolute Gasteiger partial charge is 0.387 e. The Morgan fingerprint density at radius 3 is 2.14 bits per heavy atom. The predicted molar refractivity (Wildman–Crippen MR) is 51.8 cm³/mol. The van der Waals surface area contributed by atoms with E-state index in [1.165, 1.54) is 0 Å². The van der Waals surface area contributed by atoms with Crippen molar-refractivity contribution in [2.24, 2.45) is 0 Å². The second-order valence-corrected chi connectivity index (χ2v) is 4.66. The Morgan fingerprint density at radius 1 is 1.21 bits per heavy atom. The summed E-state index contributed by atoms with van der Waals surface area (Å²) in [4.78, 5) is 0. The van der Waals surface area contributed by atoms with Gasteiger partial charge >= 0.3 is 0 Å². The van der Waals surface area contributed by atoms with Gasteiger partial charge in [-0.2, -0.15) is 0 Å². The minimum Gasteiger partial charge on any atom is -0.387 e. The fourth-order valence-electron chi connectivity index (χ4n) is 1.50. The van der Waals surface area contributed by atoms with Crippen LogP contribution in [0.25, 0.3) is 0 Å². The molecule has 0 radical (unpaired) electrons. The third-order valence-electron chi connectivity index (χ3n) is 2.19. The third kappa shape index (κ3) is 2.67. The van der Waals surface area contributed by atoms with Crippen LogP contribution in [0.5, 0.6) is 0 Å². The molecule has 1 aliphatic heterocycles. The average molecular weight is 204 g/mol. The maximum absolute atomic E-state index is 9.62. The van der Waals surface area contributed by atoms with Crippen LogP contribution in [-0.4, -0.2) is 40.4 Å². The number of hydrogen-bond acceptors (Lipinski definition) is 4. The van der Waals surface area contributed by atoms with Gasteiger partial charge in [0.2, 0.25) is 0 Å². The second-order valence-electron chi connectivity index (χ2n) is 4.66. The third-order valence-corrected chi connectivity index (χ3v) is 2.19. The Balaban J connectivity index is 2.57. The first-order valence-electron chi connectivity index (χ1n) is 5.04. The van der Waals surface area contributed by atoms with Crippen LogP contribution in [0, 0.1) is 0 Å². The van der Waals surface area contributed by atoms with Gasteiger partial charge in [0, 0.05) is 0 Å². The molecule has 1 aliphatic rings. The number of aliphatic hydroxyl groups is 2. The van der Waals surface area contributed by atoms with Crippen LogP contribution in [0.15, 0.2) is 0 Å². The molecule has 84 valence electrons. The molecule has 1 heterocycles. The van der Waals surface area contributed by atoms with Crippen LogP contribution in [0.2, 0.25) is 0 Å². The predicted octanol–water partition coefficient (Wildman–Crippen LogP) is 0.658. The van der Waals surface area contributed by atoms with Crippen molar-refractivity contribution < 1.29 is 19.7 Å². The molecule has 1 fully saturated rings. The highest BCUT2D eigenvalue weighted by Gasteiger charge is 2.43. The summed E-state index contributed by atoms with van der Waals surface area (Å²) in [6, 6.07) is 0. The molecule has 0 amide bonds. The van der Waals surface area contributed by atoms with E-state index in [0.717, 1.165) is 0 Å². The van der Waals surface area contributed by atoms with Gasteiger partial charge in [-0.1, -0.05) is 6.92 Å². The van der Waals surface area contributed by atoms with E-state index in [-0.39, 0.29) is 11.7 Å². The Labute approximate surface area is 84.8 Å². The molecular formula is C10H20O4. The fourth-order valence-corrected chi connectivity index (χ4v) is 1.50. The molecule has 0 saturated carbocycles. The van der Waals surface area contributed by atoms with Gasteiger partial charge in [-0.05, 0) is 27.2 Å². The molecule has 0 aromatic heterocycles. The molecule has 4 atom stereocenters. The molecule has 0 spiro atoms. The van der Waals surface area contributed by atoms with E-state index in [9.17, 15) is 10.2 Å². The van der Waals surface area contributed by atoms with Crippen LogP contribution < -0.4 is 0 Å². The van der Waals surface area contributed by atoms with Crippen LogP contribution >= 0.6 is 0 Å². The van der Waals surface area contributed by atoms with Crippen LogP contribution in [0.4, 0.5) is 0 Å². The van der Waals surface area contributed by atoms with Gasteiger partial charge in [-0.15, -0.1) is 0 Å². The minimum atomic E-state index is -0.945. The van der Waals surface area contributed by atoms with Crippen molar-refractivity contribution in [1.82, 2.24) is 0 Å². The maximum atomic E-state index is 9.62. The van der Waals surface area contributed by atoms with Crippen molar-refractivity contribution in [3.8, 4) is 0 Å². The van der Waals surface area contributed by atoms with E-state index in [1.807, 2.05) is 27.7 Å². The van der Waals surface area contributed by atoms with E-state index in [1.54, 1.807) is 0 Å². The lowest BCUT2D eigenvalue weighted by Gasteiger charge is -2.26. The summed E-state index contributed by atoms with van der Waals surface area (Å²) in [7, 11) is 0. The molecule has 0 aliphatic carbocycles. The zero-order valence-corrected chi connectivity index (χ0v) is 9.23. The summed E-state index contributed by atoms with van der Waals surface area (Å²) in [5.41, 5.74) is -0.381. The molecule has 1 rings (SSSR count). The van der Waals surface area contributed by atoms with Crippen LogP contribution in [0.1, 0.15) is 34.1 Å². The second kappa shape index (κ2) is 4.14. The summed E-state index contributed by atoms with van der Waals surface area (Å²) < 4.78 is 10.9. The molecular weight excluding hydrogens is 184 g/mol. The number of hydrogen-bond donors (Lipinski definition) is 2. The Kier molecular flexibility index (Phi) is 3.53. The van der Waals surface area contributed by atoms with E-state index < -0.39 is 18.5 Å². The zero-order chi connectivity index (χ0) is 10.9. The molecule has 2 N–H and O–H groups in total. The standard InChI is InChI=1S/C10H20O4/c1-5-6-7(11)8(12)9(13-6)14-10(2,3)4/h6-9,11-12H,5H2,1-4H3/t6-,7+,8?,9+/m1/s1. The van der Waals surface area contributed by atoms with Gasteiger partial charge in [0.15, 0.2) is 6.29 Å². The molecule has 1 unspecified atom stereocenters. The first-order valence-corrected chi connectivity index (χ1v) is 5.04. The van der Waals surface area contributed by atoms with Gasteiger partial charge in [0.05, 0.1) is 11.7 Å². The van der Waals surface area contributed by atoms with Crippen molar-refractivity contribution in [3.63, 3.8) is 0 Å². The average Bonchev–Trinajstić information content (AvgIpc) is 2.30. The highest BCUT2D eigenvalue weighted by atomic mass is 16.7. The van der Waals surface area contributed by atoms with Gasteiger partial charge < -0.3 is 19.7 Å². The number of aliphatic hydroxyl groups excluding tert-OH is 2. The van der Waals surface area contributed by atoms with Crippen LogP contribution in [0.3, 0.4) is 0 Å². The van der Waals surface area contributed by atoms with E-state index >= 15 is 0 Å². The smallest absolute Gasteiger partial charge is 0.187 e. The van der Waals surface area contributed by atoms with Crippen LogP contribution in [-0.2, 0) is 9.47 Å². The first-order chi connectivity index (χ1) is 6.35. The lowest BCUT2D eigenvalue weighted by atomic mass is 10.1. The Hall–Kier alpha value is -0.160. The van der Waals surface area contributed by atoms with Crippen molar-refractivity contribution in [2.45, 2.75) is 64.3 Å². The van der Waals surface area contributed by atoms with E-state index in [4.69, 9.17) is 9.47 Å². The molecule has 4 nitrogen and oxygen atoms in total. The summed E-state index contributed by atoms with van der Waals surface area (Å²) in [6.07, 6.45) is -2.15. The van der Waals surface area contributed by atoms with Gasteiger partial charge in [0.25, 0.3) is 0 Å². The quantitative estimate of drug-likeness (QED) is 0.693. The summed E-state index contributed by atoms with van der Waals surface area (Å²) >= 11 is 0. The first kappa shape index (κ1) is 11.9. The lowest BCUT2D eigenvalue weighted by Crippen LogP contribution is -2.37. The summed E-state index contributed by atoms with van der Waals surface area (Å²) in [5.74, 6) is 0. The highest BCUT2D eigenvalue weighted by Crippen LogP contribution is 2.27. The molecule has 0 bridgehead atoms. The SMILES string of the molecule is CC[C@H]1O[C@@H](OC(C)(C)C)C(O)[C@H]1O. The van der Waals surface area contributed by atoms with Crippen molar-refractivity contribution in [1.29, 1.82) is 0 Å². The zero-order valence-electron chi connectivity index (χ0n) is 9.23. The lowest BCUT2D eigenvalue weighted by molar-refractivity contribution is -0.212. The highest BCUT2D eigenvalue weighted by molar-refractivity contribution is 4.86. The fraction of sp³-hybridized carbons (Fsp3) is 1.00. The maximum Gasteiger partial charge on any atom is 0.187 e. The van der Waals surface area contributed by atoms with E-state index in [0.29, 0.717) is 6.42 Å². The summed E-state index contributed by atoms with van der Waals surface area (Å²) in [5, 5.41) is 19.2. The minimum absolute atomic E-state index is 0.322. The van der Waals surface area contributed by atoms with Gasteiger partial charge in [0.1, 0.15) is 12.2 Å². The Bertz CT molecular complexity index is 187. The molecule has 0 aromatic carbocycles. The van der Waals surface area contributed by atoms with E-state index in [2.05, 4.69) is 0 Å². The Morgan fingerprint density at radius 2 is 1.79 bits per heavy atom. The van der Waals surface area contributed by atoms with Crippen molar-refractivity contribution in [3.05, 3.63) is 0 Å². The monoisotopic (exact) mass is 204 g/mol. The molecule has 14 heavy (non-hydrogen) atoms. The number of rotatable bonds is 2. The van der Waals surface area contributed by atoms with Gasteiger partial charge in [-0.3, -0.25) is 0 Å². The topological polar surface area (TPSA) is 58.9 Å². The molecule has 0 aromatic rings. The van der Waals surface area contributed by atoms with Crippen molar-refractivity contribution in [2.75, 3.05) is 0 Å². The normalized spacial score (nSPS) is 39.0. The number of ether oxygens (including phenoxy) is 2. The summed E-state index contributed by atoms with van der Waals surface area (Å²) in [6.45, 7) is 7.55. The molecule has 1 saturated heterocycles.